The maximum atomic E-state index is 11.9. The third-order valence-electron chi connectivity index (χ3n) is 3.55. The van der Waals surface area contributed by atoms with E-state index in [0.29, 0.717) is 24.8 Å². The Hall–Kier alpha value is -1.26. The van der Waals surface area contributed by atoms with Crippen LogP contribution in [0.4, 0.5) is 4.79 Å². The Kier molecular flexibility index (Phi) is 3.50. The van der Waals surface area contributed by atoms with Crippen LogP contribution in [-0.2, 0) is 9.53 Å². The molecule has 2 fully saturated rings. The van der Waals surface area contributed by atoms with Gasteiger partial charge in [0.05, 0.1) is 0 Å². The summed E-state index contributed by atoms with van der Waals surface area (Å²) in [6.07, 6.45) is 1.34. The van der Waals surface area contributed by atoms with Crippen LogP contribution in [0.3, 0.4) is 0 Å². The number of amides is 2. The van der Waals surface area contributed by atoms with Crippen molar-refractivity contribution in [3.63, 3.8) is 0 Å². The highest BCUT2D eigenvalue weighted by atomic mass is 16.6. The van der Waals surface area contributed by atoms with Crippen LogP contribution < -0.4 is 5.32 Å². The summed E-state index contributed by atoms with van der Waals surface area (Å²) in [6.45, 7) is 7.83. The van der Waals surface area contributed by atoms with Crippen molar-refractivity contribution in [2.24, 2.45) is 11.8 Å². The molecule has 0 radical (unpaired) electrons. The number of carbonyl (C=O) groups excluding carboxylic acids is 2. The molecule has 2 unspecified atom stereocenters. The zero-order chi connectivity index (χ0) is 13.3. The first-order valence-electron chi connectivity index (χ1n) is 6.60. The van der Waals surface area contributed by atoms with Crippen LogP contribution in [0.2, 0.25) is 0 Å². The Bertz CT molecular complexity index is 349. The molecule has 0 saturated carbocycles. The lowest BCUT2D eigenvalue weighted by atomic mass is 9.91. The first kappa shape index (κ1) is 13.2. The number of rotatable bonds is 1. The minimum Gasteiger partial charge on any atom is -0.444 e. The van der Waals surface area contributed by atoms with Gasteiger partial charge in [0.15, 0.2) is 0 Å². The van der Waals surface area contributed by atoms with Gasteiger partial charge in [0.1, 0.15) is 5.60 Å². The highest BCUT2D eigenvalue weighted by Gasteiger charge is 2.36. The van der Waals surface area contributed by atoms with Gasteiger partial charge in [0.25, 0.3) is 0 Å². The van der Waals surface area contributed by atoms with Gasteiger partial charge in [-0.1, -0.05) is 0 Å². The number of ether oxygens (including phenoxy) is 1. The number of carbonyl (C=O) groups is 2. The molecule has 18 heavy (non-hydrogen) atoms. The monoisotopic (exact) mass is 254 g/mol. The van der Waals surface area contributed by atoms with Crippen molar-refractivity contribution >= 4 is 12.0 Å². The van der Waals surface area contributed by atoms with E-state index in [1.807, 2.05) is 20.8 Å². The summed E-state index contributed by atoms with van der Waals surface area (Å²) in [6, 6.07) is 0. The van der Waals surface area contributed by atoms with Crippen LogP contribution in [0.5, 0.6) is 0 Å². The largest absolute Gasteiger partial charge is 0.444 e. The normalized spacial score (nSPS) is 28.4. The molecule has 2 heterocycles. The number of likely N-dealkylation sites (tertiary alicyclic amines) is 1. The average molecular weight is 254 g/mol. The summed E-state index contributed by atoms with van der Waals surface area (Å²) in [5.41, 5.74) is -0.444. The zero-order valence-electron chi connectivity index (χ0n) is 11.4. The lowest BCUT2D eigenvalue weighted by Crippen LogP contribution is -2.35. The molecule has 1 N–H and O–H groups in total. The maximum absolute atomic E-state index is 11.9. The summed E-state index contributed by atoms with van der Waals surface area (Å²) in [7, 11) is 0. The number of hydrogen-bond acceptors (Lipinski definition) is 3. The SMILES string of the molecule is CC(C)(C)OC(=O)N1CCC(C2CNC(=O)C2)C1. The molecule has 102 valence electrons. The first-order chi connectivity index (χ1) is 8.35. The van der Waals surface area contributed by atoms with Crippen molar-refractivity contribution in [1.82, 2.24) is 10.2 Å². The smallest absolute Gasteiger partial charge is 0.410 e. The summed E-state index contributed by atoms with van der Waals surface area (Å²) < 4.78 is 5.36. The van der Waals surface area contributed by atoms with Crippen molar-refractivity contribution in [2.75, 3.05) is 19.6 Å². The lowest BCUT2D eigenvalue weighted by Gasteiger charge is -2.25. The van der Waals surface area contributed by atoms with E-state index in [2.05, 4.69) is 5.32 Å². The Labute approximate surface area is 108 Å². The predicted octanol–water partition coefficient (Wildman–Crippen LogP) is 1.38. The Morgan fingerprint density at radius 3 is 2.67 bits per heavy atom. The van der Waals surface area contributed by atoms with Crippen molar-refractivity contribution in [1.29, 1.82) is 0 Å². The van der Waals surface area contributed by atoms with E-state index in [-0.39, 0.29) is 12.0 Å². The van der Waals surface area contributed by atoms with E-state index in [9.17, 15) is 9.59 Å². The van der Waals surface area contributed by atoms with Gasteiger partial charge < -0.3 is 15.0 Å². The van der Waals surface area contributed by atoms with Crippen LogP contribution in [0.25, 0.3) is 0 Å². The maximum Gasteiger partial charge on any atom is 0.410 e. The van der Waals surface area contributed by atoms with Gasteiger partial charge in [-0.25, -0.2) is 4.79 Å². The molecular formula is C13H22N2O3. The molecule has 5 heteroatoms. The Morgan fingerprint density at radius 1 is 1.39 bits per heavy atom. The fraction of sp³-hybridized carbons (Fsp3) is 0.846. The molecule has 2 amide bonds. The average Bonchev–Trinajstić information content (AvgIpc) is 2.82. The van der Waals surface area contributed by atoms with E-state index in [0.717, 1.165) is 19.5 Å². The molecule has 2 rings (SSSR count). The summed E-state index contributed by atoms with van der Waals surface area (Å²) in [5, 5.41) is 2.86. The van der Waals surface area contributed by atoms with Crippen LogP contribution in [-0.4, -0.2) is 42.1 Å². The Morgan fingerprint density at radius 2 is 2.11 bits per heavy atom. The lowest BCUT2D eigenvalue weighted by molar-refractivity contribution is -0.119. The second kappa shape index (κ2) is 4.78. The third-order valence-corrected chi connectivity index (χ3v) is 3.55. The molecule has 2 aliphatic rings. The van der Waals surface area contributed by atoms with Crippen molar-refractivity contribution in [3.05, 3.63) is 0 Å². The van der Waals surface area contributed by atoms with E-state index >= 15 is 0 Å². The van der Waals surface area contributed by atoms with Gasteiger partial charge >= 0.3 is 6.09 Å². The van der Waals surface area contributed by atoms with Crippen molar-refractivity contribution < 1.29 is 14.3 Å². The molecule has 0 bridgehead atoms. The molecule has 2 atom stereocenters. The standard InChI is InChI=1S/C13H22N2O3/c1-13(2,3)18-12(17)15-5-4-9(8-15)10-6-11(16)14-7-10/h9-10H,4-8H2,1-3H3,(H,14,16). The number of hydrogen-bond donors (Lipinski definition) is 1. The quantitative estimate of drug-likeness (QED) is 0.769. The van der Waals surface area contributed by atoms with Gasteiger partial charge in [-0.3, -0.25) is 4.79 Å². The highest BCUT2D eigenvalue weighted by Crippen LogP contribution is 2.29. The molecule has 0 aromatic carbocycles. The van der Waals surface area contributed by atoms with E-state index < -0.39 is 5.60 Å². The van der Waals surface area contributed by atoms with Crippen molar-refractivity contribution in [3.8, 4) is 0 Å². The number of nitrogens with zero attached hydrogens (tertiary/aromatic N) is 1. The fourth-order valence-electron chi connectivity index (χ4n) is 2.63. The molecule has 0 aliphatic carbocycles. The van der Waals surface area contributed by atoms with Crippen molar-refractivity contribution in [2.45, 2.75) is 39.2 Å². The molecule has 0 aromatic rings. The first-order valence-corrected chi connectivity index (χ1v) is 6.60. The third kappa shape index (κ3) is 3.15. The van der Waals surface area contributed by atoms with Gasteiger partial charge in [-0.15, -0.1) is 0 Å². The van der Waals surface area contributed by atoms with E-state index in [1.54, 1.807) is 4.90 Å². The van der Waals surface area contributed by atoms with Gasteiger partial charge in [-0.2, -0.15) is 0 Å². The zero-order valence-corrected chi connectivity index (χ0v) is 11.4. The van der Waals surface area contributed by atoms with Crippen LogP contribution >= 0.6 is 0 Å². The van der Waals surface area contributed by atoms with Crippen LogP contribution in [0.15, 0.2) is 0 Å². The molecule has 0 spiro atoms. The van der Waals surface area contributed by atoms with Gasteiger partial charge in [0, 0.05) is 26.1 Å². The molecule has 2 saturated heterocycles. The molecule has 0 aromatic heterocycles. The van der Waals surface area contributed by atoms with Gasteiger partial charge in [0.2, 0.25) is 5.91 Å². The summed E-state index contributed by atoms with van der Waals surface area (Å²) in [4.78, 5) is 24.9. The van der Waals surface area contributed by atoms with Crippen LogP contribution in [0.1, 0.15) is 33.6 Å². The van der Waals surface area contributed by atoms with E-state index in [1.165, 1.54) is 0 Å². The molecular weight excluding hydrogens is 232 g/mol. The fourth-order valence-corrected chi connectivity index (χ4v) is 2.63. The topological polar surface area (TPSA) is 58.6 Å². The highest BCUT2D eigenvalue weighted by molar-refractivity contribution is 5.78. The second-order valence-electron chi connectivity index (χ2n) is 6.24. The molecule has 2 aliphatic heterocycles. The second-order valence-corrected chi connectivity index (χ2v) is 6.24. The van der Waals surface area contributed by atoms with Gasteiger partial charge in [-0.05, 0) is 39.0 Å². The summed E-state index contributed by atoms with van der Waals surface area (Å²) in [5.74, 6) is 0.942. The Balaban J connectivity index is 1.84. The van der Waals surface area contributed by atoms with E-state index in [4.69, 9.17) is 4.74 Å². The molecule has 5 nitrogen and oxygen atoms in total. The predicted molar refractivity (Wildman–Crippen MR) is 67.0 cm³/mol. The summed E-state index contributed by atoms with van der Waals surface area (Å²) >= 11 is 0. The number of nitrogens with one attached hydrogen (secondary N) is 1. The van der Waals surface area contributed by atoms with Crippen LogP contribution in [0, 0.1) is 11.8 Å². The minimum atomic E-state index is -0.444. The minimum absolute atomic E-state index is 0.135.